The topological polar surface area (TPSA) is 76.0 Å². The molecule has 4 atom stereocenters. The van der Waals surface area contributed by atoms with E-state index in [1.165, 1.54) is 16.4 Å². The standard InChI is InChI=1S/C27H29FN2O4S/c1-25(2)20-12-13-26(25)17-35(32,33)30(22(26)14-20)24(31)27(15-18-8-10-21(28)11-9-18)16-34-23(29-27)19-6-4-3-5-7-19/h3-11,20,22H,12-17H2,1-2H3/t20-,22-,26-,27+/m1/s1. The molecule has 4 aliphatic rings. The predicted molar refractivity (Wildman–Crippen MR) is 130 cm³/mol. The van der Waals surface area contributed by atoms with Gasteiger partial charge in [-0.2, -0.15) is 0 Å². The van der Waals surface area contributed by atoms with Gasteiger partial charge in [0.05, 0.1) is 11.8 Å². The highest BCUT2D eigenvalue weighted by molar-refractivity contribution is 7.90. The van der Waals surface area contributed by atoms with Crippen molar-refractivity contribution in [2.45, 2.75) is 51.1 Å². The van der Waals surface area contributed by atoms with Gasteiger partial charge in [-0.15, -0.1) is 0 Å². The van der Waals surface area contributed by atoms with Crippen LogP contribution in [0.4, 0.5) is 4.39 Å². The molecule has 2 aromatic rings. The highest BCUT2D eigenvalue weighted by Crippen LogP contribution is 2.70. The minimum Gasteiger partial charge on any atom is -0.474 e. The Labute approximate surface area is 205 Å². The van der Waals surface area contributed by atoms with E-state index in [0.717, 1.165) is 18.4 Å². The zero-order chi connectivity index (χ0) is 24.6. The van der Waals surface area contributed by atoms with Gasteiger partial charge < -0.3 is 4.74 Å². The number of halogens is 1. The molecule has 35 heavy (non-hydrogen) atoms. The van der Waals surface area contributed by atoms with E-state index >= 15 is 0 Å². The molecule has 2 aromatic carbocycles. The summed E-state index contributed by atoms with van der Waals surface area (Å²) in [6.45, 7) is 4.26. The average Bonchev–Trinajstić information content (AvgIpc) is 3.49. The molecule has 1 saturated heterocycles. The fraction of sp³-hybridized carbons (Fsp3) is 0.481. The van der Waals surface area contributed by atoms with Crippen molar-refractivity contribution in [3.05, 3.63) is 71.5 Å². The minimum atomic E-state index is -3.82. The first-order chi connectivity index (χ1) is 16.6. The summed E-state index contributed by atoms with van der Waals surface area (Å²) in [4.78, 5) is 19.1. The molecule has 6 nitrogen and oxygen atoms in total. The number of carbonyl (C=O) groups is 1. The van der Waals surface area contributed by atoms with Crippen molar-refractivity contribution in [2.75, 3.05) is 12.4 Å². The van der Waals surface area contributed by atoms with Crippen molar-refractivity contribution in [2.24, 2.45) is 21.7 Å². The van der Waals surface area contributed by atoms with E-state index in [0.29, 0.717) is 23.8 Å². The highest BCUT2D eigenvalue weighted by Gasteiger charge is 2.73. The van der Waals surface area contributed by atoms with Crippen LogP contribution in [0.15, 0.2) is 59.6 Å². The Balaban J connectivity index is 1.44. The Morgan fingerprint density at radius 3 is 2.54 bits per heavy atom. The third-order valence-electron chi connectivity index (χ3n) is 9.20. The number of rotatable bonds is 4. The van der Waals surface area contributed by atoms with Gasteiger partial charge in [0.15, 0.2) is 5.54 Å². The predicted octanol–water partition coefficient (Wildman–Crippen LogP) is 3.95. The van der Waals surface area contributed by atoms with Gasteiger partial charge in [-0.05, 0) is 60.4 Å². The average molecular weight is 497 g/mol. The van der Waals surface area contributed by atoms with Crippen molar-refractivity contribution in [3.8, 4) is 0 Å². The molecule has 1 amide bonds. The second kappa shape index (κ2) is 7.38. The summed E-state index contributed by atoms with van der Waals surface area (Å²) >= 11 is 0. The second-order valence-corrected chi connectivity index (χ2v) is 13.0. The quantitative estimate of drug-likeness (QED) is 0.642. The van der Waals surface area contributed by atoms with Crippen molar-refractivity contribution in [1.82, 2.24) is 4.31 Å². The lowest BCUT2D eigenvalue weighted by atomic mass is 9.69. The van der Waals surface area contributed by atoms with Gasteiger partial charge in [0.25, 0.3) is 5.91 Å². The first kappa shape index (κ1) is 22.7. The van der Waals surface area contributed by atoms with Gasteiger partial charge in [0.2, 0.25) is 15.9 Å². The molecular weight excluding hydrogens is 467 g/mol. The molecular formula is C27H29FN2O4S. The zero-order valence-electron chi connectivity index (χ0n) is 19.9. The van der Waals surface area contributed by atoms with Crippen LogP contribution in [0, 0.1) is 22.6 Å². The van der Waals surface area contributed by atoms with Gasteiger partial charge in [-0.25, -0.2) is 22.1 Å². The normalized spacial score (nSPS) is 33.9. The maximum absolute atomic E-state index is 14.3. The molecule has 0 N–H and O–H groups in total. The zero-order valence-corrected chi connectivity index (χ0v) is 20.7. The SMILES string of the molecule is CC1(C)[C@@H]2CC[C@]13CS(=O)(=O)N(C(=O)[C@]1(Cc4ccc(F)cc4)COC(c4ccccc4)=N1)[C@@H]3C2. The second-order valence-electron chi connectivity index (χ2n) is 11.1. The number of hydrogen-bond acceptors (Lipinski definition) is 5. The molecule has 0 aromatic heterocycles. The summed E-state index contributed by atoms with van der Waals surface area (Å²) in [7, 11) is -3.82. The first-order valence-electron chi connectivity index (χ1n) is 12.2. The summed E-state index contributed by atoms with van der Waals surface area (Å²) in [6, 6.07) is 14.8. The third kappa shape index (κ3) is 3.14. The number of nitrogens with zero attached hydrogens (tertiary/aromatic N) is 2. The van der Waals surface area contributed by atoms with Crippen LogP contribution in [0.2, 0.25) is 0 Å². The van der Waals surface area contributed by atoms with E-state index < -0.39 is 26.9 Å². The van der Waals surface area contributed by atoms with Gasteiger partial charge in [-0.3, -0.25) is 4.79 Å². The van der Waals surface area contributed by atoms with Crippen LogP contribution in [-0.2, 0) is 26.0 Å². The van der Waals surface area contributed by atoms with Crippen LogP contribution in [0.25, 0.3) is 0 Å². The maximum atomic E-state index is 14.3. The van der Waals surface area contributed by atoms with E-state index in [1.807, 2.05) is 30.3 Å². The molecule has 0 unspecified atom stereocenters. The smallest absolute Gasteiger partial charge is 0.268 e. The Kier molecular flexibility index (Phi) is 4.79. The number of sulfonamides is 1. The number of ether oxygens (including phenoxy) is 1. The first-order valence-corrected chi connectivity index (χ1v) is 13.8. The molecule has 3 fully saturated rings. The summed E-state index contributed by atoms with van der Waals surface area (Å²) in [5, 5.41) is 0. The molecule has 2 aliphatic carbocycles. The van der Waals surface area contributed by atoms with Crippen LogP contribution in [0.5, 0.6) is 0 Å². The van der Waals surface area contributed by atoms with Crippen molar-refractivity contribution >= 4 is 21.8 Å². The number of fused-ring (bicyclic) bond motifs is 1. The van der Waals surface area contributed by atoms with Crippen LogP contribution < -0.4 is 0 Å². The van der Waals surface area contributed by atoms with Crippen molar-refractivity contribution in [3.63, 3.8) is 0 Å². The molecule has 0 radical (unpaired) electrons. The summed E-state index contributed by atoms with van der Waals surface area (Å²) in [5.74, 6) is -0.186. The lowest BCUT2D eigenvalue weighted by molar-refractivity contribution is -0.135. The Morgan fingerprint density at radius 2 is 1.86 bits per heavy atom. The monoisotopic (exact) mass is 496 g/mol. The van der Waals surface area contributed by atoms with Crippen LogP contribution in [-0.4, -0.2) is 48.5 Å². The van der Waals surface area contributed by atoms with Crippen LogP contribution >= 0.6 is 0 Å². The van der Waals surface area contributed by atoms with Crippen LogP contribution in [0.1, 0.15) is 44.2 Å². The molecule has 6 rings (SSSR count). The van der Waals surface area contributed by atoms with Gasteiger partial charge >= 0.3 is 0 Å². The molecule has 2 bridgehead atoms. The largest absolute Gasteiger partial charge is 0.474 e. The molecule has 2 heterocycles. The van der Waals surface area contributed by atoms with E-state index in [1.54, 1.807) is 12.1 Å². The Morgan fingerprint density at radius 1 is 1.14 bits per heavy atom. The van der Waals surface area contributed by atoms with Gasteiger partial charge in [0, 0.05) is 17.4 Å². The number of carbonyl (C=O) groups excluding carboxylic acids is 1. The summed E-state index contributed by atoms with van der Waals surface area (Å²) < 4.78 is 47.9. The van der Waals surface area contributed by atoms with Gasteiger partial charge in [0.1, 0.15) is 12.4 Å². The van der Waals surface area contributed by atoms with Crippen LogP contribution in [0.3, 0.4) is 0 Å². The molecule has 184 valence electrons. The van der Waals surface area contributed by atoms with E-state index in [9.17, 15) is 17.6 Å². The van der Waals surface area contributed by atoms with Gasteiger partial charge in [-0.1, -0.05) is 44.2 Å². The van der Waals surface area contributed by atoms with Crippen molar-refractivity contribution in [1.29, 1.82) is 0 Å². The lowest BCUT2D eigenvalue weighted by Gasteiger charge is -2.38. The van der Waals surface area contributed by atoms with E-state index in [-0.39, 0.29) is 36.1 Å². The maximum Gasteiger partial charge on any atom is 0.268 e. The Hall–Kier alpha value is -2.74. The summed E-state index contributed by atoms with van der Waals surface area (Å²) in [5.41, 5.74) is -0.583. The molecule has 8 heteroatoms. The molecule has 2 saturated carbocycles. The van der Waals surface area contributed by atoms with Crippen molar-refractivity contribution < 1.29 is 22.3 Å². The summed E-state index contributed by atoms with van der Waals surface area (Å²) in [6.07, 6.45) is 2.64. The van der Waals surface area contributed by atoms with E-state index in [2.05, 4.69) is 13.8 Å². The number of aliphatic imine (C=N–C) groups is 1. The van der Waals surface area contributed by atoms with E-state index in [4.69, 9.17) is 9.73 Å². The lowest BCUT2D eigenvalue weighted by Crippen LogP contribution is -2.54. The molecule has 1 spiro atoms. The third-order valence-corrected chi connectivity index (χ3v) is 11.1. The minimum absolute atomic E-state index is 0.00263. The number of amides is 1. The highest BCUT2D eigenvalue weighted by atomic mass is 32.2. The number of benzene rings is 2. The fourth-order valence-electron chi connectivity index (χ4n) is 7.15. The fourth-order valence-corrected chi connectivity index (χ4v) is 9.75. The number of hydrogen-bond donors (Lipinski definition) is 0. The Bertz CT molecular complexity index is 1320. The molecule has 2 aliphatic heterocycles.